The van der Waals surface area contributed by atoms with Crippen molar-refractivity contribution in [3.05, 3.63) is 0 Å². The van der Waals surface area contributed by atoms with E-state index in [1.165, 1.54) is 0 Å². The molecule has 0 saturated carbocycles. The van der Waals surface area contributed by atoms with Gasteiger partial charge in [-0.1, -0.05) is 6.92 Å². The fraction of sp³-hybridized carbons (Fsp3) is 1.00. The molecule has 0 radical (unpaired) electrons. The summed E-state index contributed by atoms with van der Waals surface area (Å²) in [5.41, 5.74) is 4.05. The molecule has 0 aromatic rings. The molecule has 0 fully saturated rings. The molecule has 3 unspecified atom stereocenters. The average Bonchev–Trinajstić information content (AvgIpc) is 2.01. The summed E-state index contributed by atoms with van der Waals surface area (Å²) in [5, 5.41) is 19.5. The van der Waals surface area contributed by atoms with Gasteiger partial charge < -0.3 is 15.9 Å². The monoisotopic (exact) mass is 189 g/mol. The van der Waals surface area contributed by atoms with Crippen LogP contribution >= 0.6 is 0 Å². The molecule has 0 aliphatic heterocycles. The van der Waals surface area contributed by atoms with Crippen molar-refractivity contribution in [3.8, 4) is 0 Å². The normalized spacial score (nSPS) is 23.3. The first kappa shape index (κ1) is 12.9. The molecule has 0 heterocycles. The third kappa shape index (κ3) is 4.60. The smallest absolute Gasteiger partial charge is 0.0768 e. The largest absolute Gasteiger partial charge is 0.390 e. The molecule has 3 nitrogen and oxygen atoms in total. The topological polar surface area (TPSA) is 66.5 Å². The van der Waals surface area contributed by atoms with Crippen LogP contribution in [-0.4, -0.2) is 27.5 Å². The van der Waals surface area contributed by atoms with Gasteiger partial charge in [-0.15, -0.1) is 0 Å². The van der Waals surface area contributed by atoms with Gasteiger partial charge in [0.25, 0.3) is 0 Å². The van der Waals surface area contributed by atoms with Crippen molar-refractivity contribution in [3.63, 3.8) is 0 Å². The lowest BCUT2D eigenvalue weighted by Gasteiger charge is -2.31. The number of hydrogen-bond acceptors (Lipinski definition) is 3. The summed E-state index contributed by atoms with van der Waals surface area (Å²) in [6.45, 7) is 7.20. The number of aliphatic hydroxyl groups is 2. The zero-order valence-electron chi connectivity index (χ0n) is 9.17. The molecule has 0 bridgehead atoms. The van der Waals surface area contributed by atoms with Gasteiger partial charge in [0, 0.05) is 6.04 Å². The Morgan fingerprint density at radius 1 is 1.23 bits per heavy atom. The van der Waals surface area contributed by atoms with E-state index in [1.807, 2.05) is 6.92 Å². The van der Waals surface area contributed by atoms with E-state index in [-0.39, 0.29) is 6.04 Å². The third-order valence-corrected chi connectivity index (χ3v) is 2.91. The molecule has 0 saturated heterocycles. The van der Waals surface area contributed by atoms with E-state index in [2.05, 4.69) is 0 Å². The predicted octanol–water partition coefficient (Wildman–Crippen LogP) is 1.03. The number of hydrogen-bond donors (Lipinski definition) is 3. The van der Waals surface area contributed by atoms with Gasteiger partial charge in [-0.2, -0.15) is 0 Å². The lowest BCUT2D eigenvalue weighted by molar-refractivity contribution is -0.0146. The van der Waals surface area contributed by atoms with E-state index in [9.17, 15) is 10.2 Å². The molecule has 0 aliphatic rings. The van der Waals surface area contributed by atoms with Crippen molar-refractivity contribution in [1.82, 2.24) is 0 Å². The molecule has 0 rings (SSSR count). The van der Waals surface area contributed by atoms with Gasteiger partial charge in [0.05, 0.1) is 11.2 Å². The minimum absolute atomic E-state index is 0.264. The number of rotatable bonds is 5. The van der Waals surface area contributed by atoms with Crippen LogP contribution in [0, 0.1) is 0 Å². The molecule has 80 valence electrons. The average molecular weight is 189 g/mol. The maximum atomic E-state index is 9.81. The fourth-order valence-electron chi connectivity index (χ4n) is 0.927. The van der Waals surface area contributed by atoms with Gasteiger partial charge in [0.2, 0.25) is 0 Å². The minimum Gasteiger partial charge on any atom is -0.390 e. The van der Waals surface area contributed by atoms with Crippen molar-refractivity contribution in [2.75, 3.05) is 0 Å². The molecule has 0 aliphatic carbocycles. The highest BCUT2D eigenvalue weighted by molar-refractivity contribution is 4.85. The van der Waals surface area contributed by atoms with E-state index >= 15 is 0 Å². The summed E-state index contributed by atoms with van der Waals surface area (Å²) >= 11 is 0. The molecule has 0 spiro atoms. The highest BCUT2D eigenvalue weighted by Crippen LogP contribution is 2.23. The molecule has 4 N–H and O–H groups in total. The van der Waals surface area contributed by atoms with Crippen molar-refractivity contribution < 1.29 is 10.2 Å². The van der Waals surface area contributed by atoms with Gasteiger partial charge in [-0.05, 0) is 40.0 Å². The molecule has 13 heavy (non-hydrogen) atoms. The van der Waals surface area contributed by atoms with Gasteiger partial charge in [-0.3, -0.25) is 0 Å². The van der Waals surface area contributed by atoms with Crippen LogP contribution in [0.4, 0.5) is 0 Å². The molecule has 3 heteroatoms. The van der Waals surface area contributed by atoms with Crippen LogP contribution in [0.5, 0.6) is 0 Å². The van der Waals surface area contributed by atoms with Crippen molar-refractivity contribution in [2.24, 2.45) is 5.73 Å². The minimum atomic E-state index is -0.876. The van der Waals surface area contributed by atoms with Crippen molar-refractivity contribution in [2.45, 2.75) is 64.2 Å². The summed E-state index contributed by atoms with van der Waals surface area (Å²) < 4.78 is 0. The van der Waals surface area contributed by atoms with Gasteiger partial charge in [-0.25, -0.2) is 0 Å². The van der Waals surface area contributed by atoms with Gasteiger partial charge in [0.1, 0.15) is 0 Å². The van der Waals surface area contributed by atoms with Crippen LogP contribution in [0.15, 0.2) is 0 Å². The Hall–Kier alpha value is -0.120. The molecule has 3 atom stereocenters. The highest BCUT2D eigenvalue weighted by Gasteiger charge is 2.29. The second-order valence-electron chi connectivity index (χ2n) is 4.50. The summed E-state index contributed by atoms with van der Waals surface area (Å²) in [4.78, 5) is 0. The molecular weight excluding hydrogens is 166 g/mol. The Bertz CT molecular complexity index is 153. The maximum absolute atomic E-state index is 9.81. The zero-order chi connectivity index (χ0) is 10.7. The van der Waals surface area contributed by atoms with E-state index in [0.29, 0.717) is 19.3 Å². The molecule has 0 aromatic heterocycles. The summed E-state index contributed by atoms with van der Waals surface area (Å²) in [7, 11) is 0. The van der Waals surface area contributed by atoms with Crippen LogP contribution < -0.4 is 5.73 Å². The third-order valence-electron chi connectivity index (χ3n) is 2.91. The quantitative estimate of drug-likeness (QED) is 0.605. The Balaban J connectivity index is 4.02. The first-order valence-electron chi connectivity index (χ1n) is 4.91. The SMILES string of the molecule is CCC(C)(O)CCC(C)(O)C(C)N. The Labute approximate surface area is 81.0 Å². The zero-order valence-corrected chi connectivity index (χ0v) is 9.17. The lowest BCUT2D eigenvalue weighted by Crippen LogP contribution is -2.44. The lowest BCUT2D eigenvalue weighted by atomic mass is 9.86. The summed E-state index contributed by atoms with van der Waals surface area (Å²) in [6.07, 6.45) is 1.81. The first-order chi connectivity index (χ1) is 5.71. The van der Waals surface area contributed by atoms with Gasteiger partial charge in [0.15, 0.2) is 0 Å². The Morgan fingerprint density at radius 3 is 2.00 bits per heavy atom. The van der Waals surface area contributed by atoms with Crippen LogP contribution in [0.3, 0.4) is 0 Å². The van der Waals surface area contributed by atoms with E-state index < -0.39 is 11.2 Å². The number of nitrogens with two attached hydrogens (primary N) is 1. The second-order valence-corrected chi connectivity index (χ2v) is 4.50. The van der Waals surface area contributed by atoms with Crippen LogP contribution in [-0.2, 0) is 0 Å². The maximum Gasteiger partial charge on any atom is 0.0768 e. The second kappa shape index (κ2) is 4.40. The molecule has 0 aromatic carbocycles. The van der Waals surface area contributed by atoms with E-state index in [1.54, 1.807) is 20.8 Å². The molecule has 0 amide bonds. The summed E-state index contributed by atoms with van der Waals surface area (Å²) in [6, 6.07) is -0.264. The highest BCUT2D eigenvalue weighted by atomic mass is 16.3. The van der Waals surface area contributed by atoms with E-state index in [0.717, 1.165) is 0 Å². The standard InChI is InChI=1S/C10H23NO2/c1-5-9(3,12)6-7-10(4,13)8(2)11/h8,12-13H,5-7,11H2,1-4H3. The Kier molecular flexibility index (Phi) is 4.36. The predicted molar refractivity (Wildman–Crippen MR) is 54.4 cm³/mol. The fourth-order valence-corrected chi connectivity index (χ4v) is 0.927. The van der Waals surface area contributed by atoms with E-state index in [4.69, 9.17) is 5.73 Å². The summed E-state index contributed by atoms with van der Waals surface area (Å²) in [5.74, 6) is 0. The molecular formula is C10H23NO2. The van der Waals surface area contributed by atoms with Crippen molar-refractivity contribution >= 4 is 0 Å². The van der Waals surface area contributed by atoms with Crippen LogP contribution in [0.2, 0.25) is 0 Å². The Morgan fingerprint density at radius 2 is 1.69 bits per heavy atom. The van der Waals surface area contributed by atoms with Crippen molar-refractivity contribution in [1.29, 1.82) is 0 Å². The van der Waals surface area contributed by atoms with Gasteiger partial charge >= 0.3 is 0 Å². The van der Waals surface area contributed by atoms with Crippen LogP contribution in [0.25, 0.3) is 0 Å². The van der Waals surface area contributed by atoms with Crippen LogP contribution in [0.1, 0.15) is 47.0 Å². The first-order valence-corrected chi connectivity index (χ1v) is 4.91.